The molecule has 0 bridgehead atoms. The predicted octanol–water partition coefficient (Wildman–Crippen LogP) is 5.90. The monoisotopic (exact) mass is 379 g/mol. The summed E-state index contributed by atoms with van der Waals surface area (Å²) in [5.41, 5.74) is 3.06. The van der Waals surface area contributed by atoms with E-state index in [0.29, 0.717) is 0 Å². The standard InChI is InChI=1S/C16H11BrClNOS/c1-20-12-6-7-13(14(17)8-12)15-9-21-16(19-15)10-2-4-11(18)5-3-10/h2-9H,1H3. The van der Waals surface area contributed by atoms with Crippen LogP contribution in [0.5, 0.6) is 5.75 Å². The normalized spacial score (nSPS) is 10.6. The molecule has 3 aromatic rings. The number of aromatic nitrogens is 1. The van der Waals surface area contributed by atoms with Gasteiger partial charge in [-0.2, -0.15) is 0 Å². The highest BCUT2D eigenvalue weighted by molar-refractivity contribution is 9.10. The van der Waals surface area contributed by atoms with Gasteiger partial charge in [0.05, 0.1) is 12.8 Å². The van der Waals surface area contributed by atoms with Crippen LogP contribution in [-0.4, -0.2) is 12.1 Å². The van der Waals surface area contributed by atoms with Gasteiger partial charge in [0.2, 0.25) is 0 Å². The lowest BCUT2D eigenvalue weighted by Gasteiger charge is -2.04. The fourth-order valence-electron chi connectivity index (χ4n) is 1.95. The number of hydrogen-bond donors (Lipinski definition) is 0. The molecule has 0 atom stereocenters. The lowest BCUT2D eigenvalue weighted by Crippen LogP contribution is -1.85. The van der Waals surface area contributed by atoms with Gasteiger partial charge in [-0.1, -0.05) is 23.7 Å². The minimum Gasteiger partial charge on any atom is -0.497 e. The van der Waals surface area contributed by atoms with Crippen LogP contribution in [0.15, 0.2) is 52.3 Å². The van der Waals surface area contributed by atoms with E-state index in [9.17, 15) is 0 Å². The van der Waals surface area contributed by atoms with Crippen molar-refractivity contribution in [1.82, 2.24) is 4.98 Å². The van der Waals surface area contributed by atoms with Crippen LogP contribution < -0.4 is 4.74 Å². The molecule has 3 rings (SSSR count). The number of hydrogen-bond acceptors (Lipinski definition) is 3. The highest BCUT2D eigenvalue weighted by Crippen LogP contribution is 2.34. The molecule has 0 N–H and O–H groups in total. The van der Waals surface area contributed by atoms with Gasteiger partial charge in [-0.25, -0.2) is 4.98 Å². The molecule has 0 amide bonds. The lowest BCUT2D eigenvalue weighted by atomic mass is 10.1. The number of nitrogens with zero attached hydrogens (tertiary/aromatic N) is 1. The first-order valence-corrected chi connectivity index (χ1v) is 8.28. The maximum Gasteiger partial charge on any atom is 0.124 e. The zero-order valence-corrected chi connectivity index (χ0v) is 14.3. The van der Waals surface area contributed by atoms with Crippen molar-refractivity contribution in [2.45, 2.75) is 0 Å². The fraction of sp³-hybridized carbons (Fsp3) is 0.0625. The zero-order chi connectivity index (χ0) is 14.8. The molecular weight excluding hydrogens is 370 g/mol. The quantitative estimate of drug-likeness (QED) is 0.564. The van der Waals surface area contributed by atoms with Crippen molar-refractivity contribution in [3.05, 3.63) is 57.3 Å². The van der Waals surface area contributed by atoms with Gasteiger partial charge < -0.3 is 4.74 Å². The molecule has 0 saturated heterocycles. The molecule has 5 heteroatoms. The average Bonchev–Trinajstić information content (AvgIpc) is 2.97. The van der Waals surface area contributed by atoms with E-state index >= 15 is 0 Å². The number of ether oxygens (including phenoxy) is 1. The molecule has 0 saturated carbocycles. The molecule has 21 heavy (non-hydrogen) atoms. The van der Waals surface area contributed by atoms with E-state index in [1.165, 1.54) is 0 Å². The van der Waals surface area contributed by atoms with Gasteiger partial charge in [0, 0.05) is 26.0 Å². The molecule has 0 radical (unpaired) electrons. The highest BCUT2D eigenvalue weighted by atomic mass is 79.9. The van der Waals surface area contributed by atoms with Gasteiger partial charge in [0.25, 0.3) is 0 Å². The van der Waals surface area contributed by atoms with Crippen molar-refractivity contribution in [3.63, 3.8) is 0 Å². The summed E-state index contributed by atoms with van der Waals surface area (Å²) in [6.45, 7) is 0. The summed E-state index contributed by atoms with van der Waals surface area (Å²) < 4.78 is 6.18. The van der Waals surface area contributed by atoms with Crippen molar-refractivity contribution in [3.8, 4) is 27.6 Å². The minimum absolute atomic E-state index is 0.730. The second kappa shape index (κ2) is 6.18. The van der Waals surface area contributed by atoms with E-state index in [-0.39, 0.29) is 0 Å². The van der Waals surface area contributed by atoms with E-state index in [1.807, 2.05) is 42.5 Å². The SMILES string of the molecule is COc1ccc(-c2csc(-c3ccc(Cl)cc3)n2)c(Br)c1. The molecule has 2 aromatic carbocycles. The fourth-order valence-corrected chi connectivity index (χ4v) is 3.47. The zero-order valence-electron chi connectivity index (χ0n) is 11.1. The van der Waals surface area contributed by atoms with Gasteiger partial charge >= 0.3 is 0 Å². The van der Waals surface area contributed by atoms with Crippen molar-refractivity contribution < 1.29 is 4.74 Å². The first-order valence-electron chi connectivity index (χ1n) is 6.23. The first-order chi connectivity index (χ1) is 10.2. The minimum atomic E-state index is 0.730. The third-order valence-electron chi connectivity index (χ3n) is 3.05. The van der Waals surface area contributed by atoms with Crippen molar-refractivity contribution in [2.24, 2.45) is 0 Å². The summed E-state index contributed by atoms with van der Waals surface area (Å²) in [5.74, 6) is 0.818. The van der Waals surface area contributed by atoms with Crippen molar-refractivity contribution in [1.29, 1.82) is 0 Å². The second-order valence-electron chi connectivity index (χ2n) is 4.39. The van der Waals surface area contributed by atoms with E-state index in [0.717, 1.165) is 37.1 Å². The van der Waals surface area contributed by atoms with E-state index in [1.54, 1.807) is 18.4 Å². The van der Waals surface area contributed by atoms with Crippen LogP contribution in [0.3, 0.4) is 0 Å². The highest BCUT2D eigenvalue weighted by Gasteiger charge is 2.10. The van der Waals surface area contributed by atoms with E-state index in [4.69, 9.17) is 21.3 Å². The number of thiazole rings is 1. The predicted molar refractivity (Wildman–Crippen MR) is 92.2 cm³/mol. The van der Waals surface area contributed by atoms with Crippen LogP contribution in [0.4, 0.5) is 0 Å². The summed E-state index contributed by atoms with van der Waals surface area (Å²) >= 11 is 11.1. The molecule has 0 aliphatic carbocycles. The van der Waals surface area contributed by atoms with Crippen molar-refractivity contribution in [2.75, 3.05) is 7.11 Å². The second-order valence-corrected chi connectivity index (χ2v) is 6.54. The van der Waals surface area contributed by atoms with Crippen LogP contribution in [0.25, 0.3) is 21.8 Å². The maximum absolute atomic E-state index is 5.91. The number of benzene rings is 2. The third kappa shape index (κ3) is 3.12. The van der Waals surface area contributed by atoms with Crippen LogP contribution in [0.1, 0.15) is 0 Å². The average molecular weight is 381 g/mol. The molecule has 0 aliphatic heterocycles. The number of rotatable bonds is 3. The third-order valence-corrected chi connectivity index (χ3v) is 4.85. The first kappa shape index (κ1) is 14.6. The Hall–Kier alpha value is -1.36. The molecule has 106 valence electrons. The Labute approximate surface area is 140 Å². The molecule has 1 heterocycles. The van der Waals surface area contributed by atoms with Gasteiger partial charge in [-0.05, 0) is 46.3 Å². The summed E-state index contributed by atoms with van der Waals surface area (Å²) in [7, 11) is 1.66. The molecule has 2 nitrogen and oxygen atoms in total. The van der Waals surface area contributed by atoms with Crippen LogP contribution in [0, 0.1) is 0 Å². The van der Waals surface area contributed by atoms with Gasteiger partial charge in [-0.3, -0.25) is 0 Å². The molecule has 1 aromatic heterocycles. The van der Waals surface area contributed by atoms with Gasteiger partial charge in [-0.15, -0.1) is 11.3 Å². The van der Waals surface area contributed by atoms with Crippen LogP contribution in [-0.2, 0) is 0 Å². The molecule has 0 unspecified atom stereocenters. The molecule has 0 spiro atoms. The summed E-state index contributed by atoms with van der Waals surface area (Å²) in [5, 5.41) is 3.76. The van der Waals surface area contributed by atoms with E-state index < -0.39 is 0 Å². The lowest BCUT2D eigenvalue weighted by molar-refractivity contribution is 0.414. The number of methoxy groups -OCH3 is 1. The Morgan fingerprint density at radius 3 is 2.57 bits per heavy atom. The van der Waals surface area contributed by atoms with Crippen LogP contribution in [0.2, 0.25) is 5.02 Å². The van der Waals surface area contributed by atoms with Gasteiger partial charge in [0.15, 0.2) is 0 Å². The molecule has 0 aliphatic rings. The summed E-state index contributed by atoms with van der Waals surface area (Å²) in [6, 6.07) is 13.6. The Morgan fingerprint density at radius 2 is 1.90 bits per heavy atom. The molecule has 0 fully saturated rings. The summed E-state index contributed by atoms with van der Waals surface area (Å²) in [6.07, 6.45) is 0. The topological polar surface area (TPSA) is 22.1 Å². The molecular formula is C16H11BrClNOS. The van der Waals surface area contributed by atoms with Crippen LogP contribution >= 0.6 is 38.9 Å². The maximum atomic E-state index is 5.91. The Kier molecular flexibility index (Phi) is 4.29. The number of halogens is 2. The Balaban J connectivity index is 1.96. The summed E-state index contributed by atoms with van der Waals surface area (Å²) in [4.78, 5) is 4.70. The van der Waals surface area contributed by atoms with Crippen molar-refractivity contribution >= 4 is 38.9 Å². The van der Waals surface area contributed by atoms with Gasteiger partial charge in [0.1, 0.15) is 10.8 Å². The largest absolute Gasteiger partial charge is 0.497 e. The Morgan fingerprint density at radius 1 is 1.14 bits per heavy atom. The van der Waals surface area contributed by atoms with E-state index in [2.05, 4.69) is 21.3 Å². The smallest absolute Gasteiger partial charge is 0.124 e. The Bertz CT molecular complexity index is 770.